The van der Waals surface area contributed by atoms with Crippen molar-refractivity contribution in [2.75, 3.05) is 13.7 Å². The Morgan fingerprint density at radius 2 is 2.12 bits per heavy atom. The fourth-order valence-electron chi connectivity index (χ4n) is 2.74. The average molecular weight is 233 g/mol. The van der Waals surface area contributed by atoms with Crippen LogP contribution < -0.4 is 5.32 Å². The van der Waals surface area contributed by atoms with E-state index in [4.69, 9.17) is 4.74 Å². The van der Waals surface area contributed by atoms with Crippen LogP contribution in [0.3, 0.4) is 0 Å². The molecule has 0 amide bonds. The first kappa shape index (κ1) is 12.6. The van der Waals surface area contributed by atoms with Crippen LogP contribution in [0.1, 0.15) is 37.9 Å². The smallest absolute Gasteiger partial charge is 0.0667 e. The first-order chi connectivity index (χ1) is 8.04. The summed E-state index contributed by atoms with van der Waals surface area (Å²) in [7, 11) is 1.76. The van der Waals surface area contributed by atoms with E-state index in [9.17, 15) is 0 Å². The van der Waals surface area contributed by atoms with Crippen LogP contribution in [0.5, 0.6) is 0 Å². The van der Waals surface area contributed by atoms with Crippen molar-refractivity contribution >= 4 is 0 Å². The van der Waals surface area contributed by atoms with Crippen molar-refractivity contribution in [3.63, 3.8) is 0 Å². The summed E-state index contributed by atoms with van der Waals surface area (Å²) in [6, 6.07) is 9.21. The summed E-state index contributed by atoms with van der Waals surface area (Å²) in [5.41, 5.74) is 3.23. The summed E-state index contributed by atoms with van der Waals surface area (Å²) in [4.78, 5) is 0. The lowest BCUT2D eigenvalue weighted by Crippen LogP contribution is -2.35. The molecule has 1 aromatic rings. The van der Waals surface area contributed by atoms with Crippen molar-refractivity contribution in [3.8, 4) is 0 Å². The minimum atomic E-state index is 0.263. The van der Waals surface area contributed by atoms with Crippen molar-refractivity contribution in [1.29, 1.82) is 0 Å². The number of hydrogen-bond acceptors (Lipinski definition) is 2. The molecule has 0 heterocycles. The van der Waals surface area contributed by atoms with Gasteiger partial charge in [0.25, 0.3) is 0 Å². The van der Waals surface area contributed by atoms with E-state index in [-0.39, 0.29) is 11.5 Å². The molecule has 2 rings (SSSR count). The molecule has 0 aliphatic heterocycles. The summed E-state index contributed by atoms with van der Waals surface area (Å²) >= 11 is 0. The molecule has 1 N–H and O–H groups in total. The van der Waals surface area contributed by atoms with Gasteiger partial charge < -0.3 is 10.1 Å². The minimum absolute atomic E-state index is 0.263. The number of ether oxygens (including phenoxy) is 1. The van der Waals surface area contributed by atoms with Gasteiger partial charge in [0.1, 0.15) is 0 Å². The Bertz CT molecular complexity index is 386. The van der Waals surface area contributed by atoms with Crippen LogP contribution >= 0.6 is 0 Å². The largest absolute Gasteiger partial charge is 0.380 e. The number of hydrogen-bond donors (Lipinski definition) is 1. The Morgan fingerprint density at radius 3 is 2.82 bits per heavy atom. The first-order valence-electron chi connectivity index (χ1n) is 6.38. The predicted molar refractivity (Wildman–Crippen MR) is 71.1 cm³/mol. The van der Waals surface area contributed by atoms with E-state index in [0.717, 1.165) is 13.0 Å². The molecule has 0 spiro atoms. The van der Waals surface area contributed by atoms with Crippen LogP contribution in [-0.2, 0) is 11.2 Å². The first-order valence-corrected chi connectivity index (χ1v) is 6.38. The Hall–Kier alpha value is -0.860. The summed E-state index contributed by atoms with van der Waals surface area (Å²) in [6.07, 6.45) is 1.42. The molecule has 94 valence electrons. The van der Waals surface area contributed by atoms with Crippen LogP contribution in [0.25, 0.3) is 0 Å². The fourth-order valence-corrected chi connectivity index (χ4v) is 2.74. The lowest BCUT2D eigenvalue weighted by Gasteiger charge is -2.29. The van der Waals surface area contributed by atoms with E-state index in [1.807, 2.05) is 0 Å². The van der Waals surface area contributed by atoms with Crippen LogP contribution in [-0.4, -0.2) is 19.8 Å². The molecule has 0 fully saturated rings. The quantitative estimate of drug-likeness (QED) is 0.863. The lowest BCUT2D eigenvalue weighted by molar-refractivity contribution is 0.107. The summed E-state index contributed by atoms with van der Waals surface area (Å²) in [5, 5.41) is 3.65. The van der Waals surface area contributed by atoms with Gasteiger partial charge in [-0.05, 0) is 29.9 Å². The number of benzene rings is 1. The Labute approximate surface area is 104 Å². The zero-order valence-electron chi connectivity index (χ0n) is 11.3. The molecule has 17 heavy (non-hydrogen) atoms. The average Bonchev–Trinajstić information content (AvgIpc) is 2.56. The van der Waals surface area contributed by atoms with Gasteiger partial charge in [0.15, 0.2) is 0 Å². The third kappa shape index (κ3) is 2.53. The van der Waals surface area contributed by atoms with E-state index in [1.165, 1.54) is 11.1 Å². The predicted octanol–water partition coefficient (Wildman–Crippen LogP) is 2.93. The minimum Gasteiger partial charge on any atom is -0.380 e. The zero-order chi connectivity index (χ0) is 12.5. The van der Waals surface area contributed by atoms with E-state index in [2.05, 4.69) is 50.4 Å². The highest BCUT2D eigenvalue weighted by Gasteiger charge is 2.38. The van der Waals surface area contributed by atoms with Crippen molar-refractivity contribution in [1.82, 2.24) is 5.32 Å². The van der Waals surface area contributed by atoms with Gasteiger partial charge in [-0.3, -0.25) is 0 Å². The Balaban J connectivity index is 2.14. The number of fused-ring (bicyclic) bond motifs is 1. The standard InChI is InChI=1S/C15H23NO/c1-11(17-4)10-16-14-13-8-6-5-7-12(13)9-15(14,2)3/h5-8,11,14,16H,9-10H2,1-4H3. The molecule has 2 nitrogen and oxygen atoms in total. The number of nitrogens with one attached hydrogen (secondary N) is 1. The van der Waals surface area contributed by atoms with Gasteiger partial charge in [-0.25, -0.2) is 0 Å². The van der Waals surface area contributed by atoms with E-state index >= 15 is 0 Å². The third-order valence-corrected chi connectivity index (χ3v) is 3.81. The van der Waals surface area contributed by atoms with Crippen LogP contribution in [0.15, 0.2) is 24.3 Å². The highest BCUT2D eigenvalue weighted by Crippen LogP contribution is 2.44. The fraction of sp³-hybridized carbons (Fsp3) is 0.600. The molecular weight excluding hydrogens is 210 g/mol. The van der Waals surface area contributed by atoms with Gasteiger partial charge in [-0.2, -0.15) is 0 Å². The van der Waals surface area contributed by atoms with E-state index in [1.54, 1.807) is 7.11 Å². The third-order valence-electron chi connectivity index (χ3n) is 3.81. The molecule has 0 bridgehead atoms. The molecule has 0 saturated carbocycles. The van der Waals surface area contributed by atoms with Crippen LogP contribution in [0.2, 0.25) is 0 Å². The van der Waals surface area contributed by atoms with Gasteiger partial charge in [-0.1, -0.05) is 38.1 Å². The highest BCUT2D eigenvalue weighted by molar-refractivity contribution is 5.37. The van der Waals surface area contributed by atoms with Gasteiger partial charge in [0.05, 0.1) is 6.10 Å². The highest BCUT2D eigenvalue weighted by atomic mass is 16.5. The molecular formula is C15H23NO. The normalized spacial score (nSPS) is 23.4. The molecule has 2 atom stereocenters. The van der Waals surface area contributed by atoms with Crippen molar-refractivity contribution in [3.05, 3.63) is 35.4 Å². The van der Waals surface area contributed by atoms with E-state index in [0.29, 0.717) is 6.04 Å². The molecule has 1 aromatic carbocycles. The molecule has 0 radical (unpaired) electrons. The second kappa shape index (κ2) is 4.79. The molecule has 1 aliphatic carbocycles. The van der Waals surface area contributed by atoms with Crippen molar-refractivity contribution in [2.24, 2.45) is 5.41 Å². The van der Waals surface area contributed by atoms with Gasteiger partial charge in [0, 0.05) is 19.7 Å². The molecule has 2 unspecified atom stereocenters. The Morgan fingerprint density at radius 1 is 1.41 bits per heavy atom. The zero-order valence-corrected chi connectivity index (χ0v) is 11.3. The van der Waals surface area contributed by atoms with Crippen LogP contribution in [0.4, 0.5) is 0 Å². The second-order valence-corrected chi connectivity index (χ2v) is 5.75. The van der Waals surface area contributed by atoms with Crippen LogP contribution in [0, 0.1) is 5.41 Å². The molecule has 1 aliphatic rings. The summed E-state index contributed by atoms with van der Waals surface area (Å²) in [6.45, 7) is 7.67. The Kier molecular flexibility index (Phi) is 3.55. The molecule has 0 saturated heterocycles. The van der Waals surface area contributed by atoms with Gasteiger partial charge in [-0.15, -0.1) is 0 Å². The maximum absolute atomic E-state index is 5.30. The summed E-state index contributed by atoms with van der Waals surface area (Å²) < 4.78 is 5.30. The number of rotatable bonds is 4. The lowest BCUT2D eigenvalue weighted by atomic mass is 9.85. The SMILES string of the molecule is COC(C)CNC1c2ccccc2CC1(C)C. The van der Waals surface area contributed by atoms with Crippen molar-refractivity contribution < 1.29 is 4.74 Å². The van der Waals surface area contributed by atoms with Gasteiger partial charge in [0.2, 0.25) is 0 Å². The maximum atomic E-state index is 5.30. The topological polar surface area (TPSA) is 21.3 Å². The second-order valence-electron chi connectivity index (χ2n) is 5.75. The maximum Gasteiger partial charge on any atom is 0.0667 e. The van der Waals surface area contributed by atoms with E-state index < -0.39 is 0 Å². The monoisotopic (exact) mass is 233 g/mol. The summed E-state index contributed by atoms with van der Waals surface area (Å²) in [5.74, 6) is 0. The van der Waals surface area contributed by atoms with Crippen molar-refractivity contribution in [2.45, 2.75) is 39.3 Å². The molecule has 0 aromatic heterocycles. The molecule has 2 heteroatoms. The van der Waals surface area contributed by atoms with Gasteiger partial charge >= 0.3 is 0 Å². The number of methoxy groups -OCH3 is 1.